The molecular weight excluding hydrogens is 995 g/mol. The Morgan fingerprint density at radius 1 is 0.429 bits per heavy atom. The molecule has 8 aromatic rings. The molecule has 10 rings (SSSR count). The molecule has 1 aliphatic heterocycles. The molecule has 7 aromatic heterocycles. The van der Waals surface area contributed by atoms with Gasteiger partial charge in [0, 0.05) is 102 Å². The summed E-state index contributed by atoms with van der Waals surface area (Å²) in [6.07, 6.45) is 17.7. The van der Waals surface area contributed by atoms with Crippen molar-refractivity contribution in [1.29, 1.82) is 0 Å². The molecule has 0 bridgehead atoms. The molecule has 4 nitrogen and oxygen atoms in total. The highest BCUT2D eigenvalue weighted by Gasteiger charge is 2.42. The second-order valence-electron chi connectivity index (χ2n) is 19.4. The number of thiophene rings is 7. The lowest BCUT2D eigenvalue weighted by atomic mass is 10.0. The van der Waals surface area contributed by atoms with Gasteiger partial charge in [-0.05, 0) is 119 Å². The van der Waals surface area contributed by atoms with Crippen LogP contribution in [0.1, 0.15) is 172 Å². The molecule has 1 aromatic carbocycles. The quantitative estimate of drug-likeness (QED) is 0.0502. The number of unbranched alkanes of at least 4 members (excludes halogenated alkanes) is 11. The SMILES string of the molecule is CCCCCCCCN1C(=O)c2c(C)sc(-c3sc(C4=c5c(c6sc(-c7ccc(C)s7)cc6c6cc(-c7ccc(C)s7)sc56)=C(c5cc(CCCCCC)c(C)s5)C4=O)cc3CCCCCC)c2C1=O. The number of amides is 2. The van der Waals surface area contributed by atoms with Crippen molar-refractivity contribution in [3.8, 4) is 29.3 Å². The Bertz CT molecular complexity index is 3430. The largest absolute Gasteiger partial charge is 0.288 e. The van der Waals surface area contributed by atoms with Crippen LogP contribution in [0.2, 0.25) is 0 Å². The maximum Gasteiger partial charge on any atom is 0.263 e. The van der Waals surface area contributed by atoms with Gasteiger partial charge in [0.05, 0.1) is 16.0 Å². The lowest BCUT2D eigenvalue weighted by Gasteiger charge is -2.14. The van der Waals surface area contributed by atoms with Gasteiger partial charge in [-0.3, -0.25) is 19.3 Å². The number of nitrogens with zero attached hydrogens (tertiary/aromatic N) is 1. The first-order chi connectivity index (χ1) is 34.0. The highest BCUT2D eigenvalue weighted by atomic mass is 32.1. The number of ketones is 1. The molecule has 8 heterocycles. The zero-order valence-electron chi connectivity index (χ0n) is 41.7. The summed E-state index contributed by atoms with van der Waals surface area (Å²) < 4.78 is 2.35. The van der Waals surface area contributed by atoms with Crippen molar-refractivity contribution in [3.05, 3.63) is 110 Å². The van der Waals surface area contributed by atoms with Crippen molar-refractivity contribution in [2.24, 2.45) is 0 Å². The fraction of sp³-hybridized carbons (Fsp3) is 0.407. The van der Waals surface area contributed by atoms with Gasteiger partial charge >= 0.3 is 0 Å². The van der Waals surface area contributed by atoms with Crippen molar-refractivity contribution >= 4 is 128 Å². The molecule has 11 heteroatoms. The van der Waals surface area contributed by atoms with Gasteiger partial charge < -0.3 is 0 Å². The zero-order valence-corrected chi connectivity index (χ0v) is 47.4. The Balaban J connectivity index is 1.20. The van der Waals surface area contributed by atoms with Gasteiger partial charge in [-0.1, -0.05) is 91.4 Å². The molecule has 0 saturated heterocycles. The van der Waals surface area contributed by atoms with Gasteiger partial charge in [-0.2, -0.15) is 0 Å². The van der Waals surface area contributed by atoms with Crippen molar-refractivity contribution in [2.75, 3.05) is 6.54 Å². The van der Waals surface area contributed by atoms with E-state index in [1.807, 2.05) is 52.3 Å². The number of benzene rings is 1. The van der Waals surface area contributed by atoms with Gasteiger partial charge in [-0.25, -0.2) is 0 Å². The predicted molar refractivity (Wildman–Crippen MR) is 308 cm³/mol. The molecule has 0 fully saturated rings. The number of imide groups is 1. The first-order valence-electron chi connectivity index (χ1n) is 25.7. The van der Waals surface area contributed by atoms with E-state index in [1.54, 1.807) is 34.0 Å². The molecule has 0 saturated carbocycles. The molecular formula is C59H63NO3S7. The van der Waals surface area contributed by atoms with Crippen LogP contribution in [0.25, 0.3) is 60.6 Å². The summed E-state index contributed by atoms with van der Waals surface area (Å²) in [5.74, 6) is -0.203. The average Bonchev–Trinajstić information content (AvgIpc) is 4.21. The minimum Gasteiger partial charge on any atom is -0.288 e. The number of carbonyl (C=O) groups is 3. The fourth-order valence-corrected chi connectivity index (χ4v) is 18.6. The van der Waals surface area contributed by atoms with E-state index in [-0.39, 0.29) is 17.6 Å². The third-order valence-corrected chi connectivity index (χ3v) is 22.5. The van der Waals surface area contributed by atoms with Crippen LogP contribution in [0.4, 0.5) is 0 Å². The van der Waals surface area contributed by atoms with Crippen LogP contribution in [0, 0.1) is 27.7 Å². The van der Waals surface area contributed by atoms with Crippen LogP contribution in [0.5, 0.6) is 0 Å². The Morgan fingerprint density at radius 3 is 1.49 bits per heavy atom. The summed E-state index contributed by atoms with van der Waals surface area (Å²) >= 11 is 12.4. The molecule has 0 N–H and O–H groups in total. The number of Topliss-reactive ketones (excluding diaryl/α,β-unsaturated/α-hetero) is 1. The number of carbonyl (C=O) groups excluding carboxylic acids is 3. The monoisotopic (exact) mass is 1060 g/mol. The molecule has 0 radical (unpaired) electrons. The van der Waals surface area contributed by atoms with Crippen LogP contribution < -0.4 is 10.4 Å². The third kappa shape index (κ3) is 9.28. The summed E-state index contributed by atoms with van der Waals surface area (Å²) in [5, 5.41) is 4.57. The highest BCUT2D eigenvalue weighted by Crippen LogP contribution is 2.49. The first-order valence-corrected chi connectivity index (χ1v) is 31.4. The molecule has 2 amide bonds. The summed E-state index contributed by atoms with van der Waals surface area (Å²) in [4.78, 5) is 60.1. The van der Waals surface area contributed by atoms with Crippen molar-refractivity contribution in [2.45, 2.75) is 151 Å². The summed E-state index contributed by atoms with van der Waals surface area (Å²) in [7, 11) is 0. The minimum atomic E-state index is -0.155. The molecule has 2 aliphatic rings. The van der Waals surface area contributed by atoms with Gasteiger partial charge in [0.1, 0.15) is 0 Å². The van der Waals surface area contributed by atoms with E-state index in [2.05, 4.69) is 90.1 Å². The molecule has 0 atom stereocenters. The standard InChI is InChI=1S/C59H63NO3S7/c1-8-11-14-17-18-21-28-60-58(62)47-36(7)67-57(52(47)59(60)63)54-38(23-20-16-13-10-3)30-46(70-54)49-51-50(48(53(49)61)45-29-37(35(6)66-45)22-19-15-12-9-2)55-39(31-43(68-55)41-26-24-33(4)64-41)40-32-44(69-56(40)51)42-27-25-34(5)65-42/h24-27,29-32H,8-23,28H2,1-7H3. The fourth-order valence-electron chi connectivity index (χ4n) is 10.5. The maximum atomic E-state index is 16.1. The Morgan fingerprint density at radius 2 is 0.929 bits per heavy atom. The van der Waals surface area contributed by atoms with Crippen LogP contribution in [0.15, 0.2) is 48.5 Å². The van der Waals surface area contributed by atoms with Gasteiger partial charge in [0.2, 0.25) is 0 Å². The number of hydrogen-bond acceptors (Lipinski definition) is 10. The van der Waals surface area contributed by atoms with Crippen LogP contribution in [-0.4, -0.2) is 29.0 Å². The summed E-state index contributed by atoms with van der Waals surface area (Å²) in [6, 6.07) is 18.4. The average molecular weight is 1060 g/mol. The maximum absolute atomic E-state index is 16.1. The van der Waals surface area contributed by atoms with Crippen molar-refractivity contribution < 1.29 is 14.4 Å². The molecule has 70 heavy (non-hydrogen) atoms. The molecule has 364 valence electrons. The lowest BCUT2D eigenvalue weighted by molar-refractivity contribution is -0.108. The highest BCUT2D eigenvalue weighted by molar-refractivity contribution is 7.28. The molecule has 1 aliphatic carbocycles. The Hall–Kier alpha value is -3.81. The van der Waals surface area contributed by atoms with E-state index in [0.29, 0.717) is 17.7 Å². The Labute approximate surface area is 441 Å². The number of rotatable bonds is 22. The normalized spacial score (nSPS) is 13.8. The topological polar surface area (TPSA) is 54.5 Å². The van der Waals surface area contributed by atoms with Crippen molar-refractivity contribution in [3.63, 3.8) is 0 Å². The molecule has 0 spiro atoms. The molecule has 0 unspecified atom stereocenters. The smallest absolute Gasteiger partial charge is 0.263 e. The number of aryl methyl sites for hydroxylation is 6. The van der Waals surface area contributed by atoms with Crippen molar-refractivity contribution in [1.82, 2.24) is 4.90 Å². The summed E-state index contributed by atoms with van der Waals surface area (Å²) in [5.41, 5.74) is 5.31. The number of fused-ring (bicyclic) bond motifs is 7. The van der Waals surface area contributed by atoms with E-state index >= 15 is 4.79 Å². The minimum absolute atomic E-state index is 0.0979. The van der Waals surface area contributed by atoms with E-state index in [9.17, 15) is 9.59 Å². The predicted octanol–water partition coefficient (Wildman–Crippen LogP) is 17.8. The van der Waals surface area contributed by atoms with Gasteiger partial charge in [0.15, 0.2) is 5.78 Å². The zero-order chi connectivity index (χ0) is 48.8. The second-order valence-corrected chi connectivity index (χ2v) is 27.6. The van der Waals surface area contributed by atoms with E-state index in [1.165, 1.54) is 109 Å². The third-order valence-electron chi connectivity index (χ3n) is 14.2. The van der Waals surface area contributed by atoms with Gasteiger partial charge in [-0.15, -0.1) is 79.4 Å². The van der Waals surface area contributed by atoms with Gasteiger partial charge in [0.25, 0.3) is 11.8 Å². The Kier molecular flexibility index (Phi) is 15.2. The van der Waals surface area contributed by atoms with E-state index < -0.39 is 0 Å². The van der Waals surface area contributed by atoms with E-state index in [0.717, 1.165) is 110 Å². The van der Waals surface area contributed by atoms with Crippen LogP contribution in [0.3, 0.4) is 0 Å². The second kappa shape index (κ2) is 21.3. The lowest BCUT2D eigenvalue weighted by Crippen LogP contribution is -2.31. The van der Waals surface area contributed by atoms with Crippen LogP contribution >= 0.6 is 79.4 Å². The summed E-state index contributed by atoms with van der Waals surface area (Å²) in [6.45, 7) is 15.8. The van der Waals surface area contributed by atoms with Crippen LogP contribution in [-0.2, 0) is 17.6 Å². The first kappa shape index (κ1) is 49.8. The van der Waals surface area contributed by atoms with E-state index in [4.69, 9.17) is 0 Å². The number of hydrogen-bond donors (Lipinski definition) is 0.